The maximum atomic E-state index is 11.7. The van der Waals surface area contributed by atoms with Crippen molar-refractivity contribution in [2.45, 2.75) is 129 Å². The molecule has 34 heavy (non-hydrogen) atoms. The molecule has 0 radical (unpaired) electrons. The van der Waals surface area contributed by atoms with Gasteiger partial charge < -0.3 is 10.2 Å². The molecule has 2 aromatic rings. The smallest absolute Gasteiger partial charge is 0.127 e. The molecule has 2 aliphatic rings. The van der Waals surface area contributed by atoms with Gasteiger partial charge in [0.2, 0.25) is 0 Å². The highest BCUT2D eigenvalue weighted by atomic mass is 16.3. The third-order valence-electron chi connectivity index (χ3n) is 8.83. The van der Waals surface area contributed by atoms with Crippen molar-refractivity contribution in [3.63, 3.8) is 0 Å². The zero-order chi connectivity index (χ0) is 24.6. The standard InChI is InChI=1S/C32H46O2/c1-19(2)25-17-27(23-13-9-7-10-14-23)21(5)31(33)29(25)30-26(20(3)4)18-28(22(6)32(30)34)24-15-11-8-12-16-24/h17-20,23-24,33-34H,7-16H2,1-6H3. The lowest BCUT2D eigenvalue weighted by atomic mass is 9.75. The van der Waals surface area contributed by atoms with Crippen molar-refractivity contribution in [2.24, 2.45) is 0 Å². The molecule has 0 unspecified atom stereocenters. The minimum Gasteiger partial charge on any atom is -0.507 e. The second kappa shape index (κ2) is 10.3. The molecule has 2 fully saturated rings. The number of rotatable bonds is 5. The Hall–Kier alpha value is -1.96. The van der Waals surface area contributed by atoms with E-state index >= 15 is 0 Å². The van der Waals surface area contributed by atoms with Crippen LogP contribution >= 0.6 is 0 Å². The molecular formula is C32H46O2. The van der Waals surface area contributed by atoms with Crippen LogP contribution in [0.1, 0.15) is 149 Å². The zero-order valence-electron chi connectivity index (χ0n) is 22.4. The van der Waals surface area contributed by atoms with Gasteiger partial charge in [0.25, 0.3) is 0 Å². The van der Waals surface area contributed by atoms with Gasteiger partial charge in [0, 0.05) is 11.1 Å². The van der Waals surface area contributed by atoms with Gasteiger partial charge in [-0.15, -0.1) is 0 Å². The highest BCUT2D eigenvalue weighted by Crippen LogP contribution is 2.51. The Morgan fingerprint density at radius 2 is 0.912 bits per heavy atom. The van der Waals surface area contributed by atoms with Gasteiger partial charge in [-0.25, -0.2) is 0 Å². The summed E-state index contributed by atoms with van der Waals surface area (Å²) in [6.45, 7) is 13.0. The van der Waals surface area contributed by atoms with Crippen molar-refractivity contribution in [3.8, 4) is 22.6 Å². The van der Waals surface area contributed by atoms with Crippen LogP contribution in [-0.4, -0.2) is 10.2 Å². The van der Waals surface area contributed by atoms with E-state index in [2.05, 4.69) is 53.7 Å². The fourth-order valence-electron chi connectivity index (χ4n) is 6.73. The summed E-state index contributed by atoms with van der Waals surface area (Å²) in [6, 6.07) is 4.75. The van der Waals surface area contributed by atoms with E-state index in [0.717, 1.165) is 22.3 Å². The summed E-state index contributed by atoms with van der Waals surface area (Å²) in [5.41, 5.74) is 8.75. The summed E-state index contributed by atoms with van der Waals surface area (Å²) in [4.78, 5) is 0. The predicted molar refractivity (Wildman–Crippen MR) is 145 cm³/mol. The molecule has 0 atom stereocenters. The van der Waals surface area contributed by atoms with Crippen LogP contribution in [-0.2, 0) is 0 Å². The molecule has 0 aliphatic heterocycles. The van der Waals surface area contributed by atoms with Crippen molar-refractivity contribution in [1.82, 2.24) is 0 Å². The molecule has 2 nitrogen and oxygen atoms in total. The lowest BCUT2D eigenvalue weighted by Crippen LogP contribution is -2.11. The first kappa shape index (κ1) is 25.1. The van der Waals surface area contributed by atoms with Crippen LogP contribution in [0, 0.1) is 13.8 Å². The van der Waals surface area contributed by atoms with Crippen LogP contribution in [0.25, 0.3) is 11.1 Å². The van der Waals surface area contributed by atoms with Crippen LogP contribution in [0.3, 0.4) is 0 Å². The molecule has 2 aliphatic carbocycles. The molecule has 0 saturated heterocycles. The maximum absolute atomic E-state index is 11.7. The number of aromatic hydroxyl groups is 2. The van der Waals surface area contributed by atoms with Gasteiger partial charge in [0.15, 0.2) is 0 Å². The summed E-state index contributed by atoms with van der Waals surface area (Å²) < 4.78 is 0. The number of hydrogen-bond acceptors (Lipinski definition) is 2. The summed E-state index contributed by atoms with van der Waals surface area (Å²) >= 11 is 0. The Balaban J connectivity index is 1.94. The molecule has 0 bridgehead atoms. The largest absolute Gasteiger partial charge is 0.507 e. The van der Waals surface area contributed by atoms with Gasteiger partial charge in [-0.2, -0.15) is 0 Å². The van der Waals surface area contributed by atoms with Gasteiger partial charge >= 0.3 is 0 Å². The molecule has 2 aromatic carbocycles. The lowest BCUT2D eigenvalue weighted by Gasteiger charge is -2.30. The number of phenolic OH excluding ortho intramolecular Hbond substituents is 2. The van der Waals surface area contributed by atoms with Crippen molar-refractivity contribution < 1.29 is 10.2 Å². The monoisotopic (exact) mass is 462 g/mol. The van der Waals surface area contributed by atoms with Gasteiger partial charge in [-0.1, -0.05) is 78.4 Å². The topological polar surface area (TPSA) is 40.5 Å². The normalized spacial score (nSPS) is 18.2. The summed E-state index contributed by atoms with van der Waals surface area (Å²) in [5.74, 6) is 2.38. The van der Waals surface area contributed by atoms with Crippen molar-refractivity contribution in [3.05, 3.63) is 45.5 Å². The third kappa shape index (κ3) is 4.62. The Labute approximate surface area is 207 Å². The summed E-state index contributed by atoms with van der Waals surface area (Å²) in [7, 11) is 0. The van der Waals surface area contributed by atoms with E-state index in [4.69, 9.17) is 0 Å². The molecule has 0 spiro atoms. The van der Waals surface area contributed by atoms with E-state index in [-0.39, 0.29) is 11.8 Å². The minimum absolute atomic E-state index is 0.265. The van der Waals surface area contributed by atoms with E-state index in [9.17, 15) is 10.2 Å². The van der Waals surface area contributed by atoms with Gasteiger partial charge in [-0.3, -0.25) is 0 Å². The molecule has 2 heteroatoms. The Morgan fingerprint density at radius 3 is 1.21 bits per heavy atom. The zero-order valence-corrected chi connectivity index (χ0v) is 22.4. The molecule has 0 amide bonds. The Morgan fingerprint density at radius 1 is 0.588 bits per heavy atom. The molecular weight excluding hydrogens is 416 g/mol. The van der Waals surface area contributed by atoms with E-state index in [1.807, 2.05) is 0 Å². The van der Waals surface area contributed by atoms with Crippen LogP contribution in [0.2, 0.25) is 0 Å². The highest BCUT2D eigenvalue weighted by molar-refractivity contribution is 5.85. The average molecular weight is 463 g/mol. The van der Waals surface area contributed by atoms with E-state index in [1.165, 1.54) is 86.5 Å². The van der Waals surface area contributed by atoms with Crippen molar-refractivity contribution >= 4 is 0 Å². The van der Waals surface area contributed by atoms with Gasteiger partial charge in [0.05, 0.1) is 0 Å². The second-order valence-electron chi connectivity index (χ2n) is 11.8. The SMILES string of the molecule is Cc1c(C2CCCCC2)cc(C(C)C)c(-c2c(C(C)C)cc(C3CCCCC3)c(C)c2O)c1O. The maximum Gasteiger partial charge on any atom is 0.127 e. The van der Waals surface area contributed by atoms with Crippen molar-refractivity contribution in [1.29, 1.82) is 0 Å². The van der Waals surface area contributed by atoms with E-state index in [1.54, 1.807) is 0 Å². The minimum atomic E-state index is 0.265. The number of benzene rings is 2. The first-order chi connectivity index (χ1) is 16.2. The first-order valence-corrected chi connectivity index (χ1v) is 13.9. The van der Waals surface area contributed by atoms with Crippen LogP contribution in [0.4, 0.5) is 0 Å². The molecule has 2 N–H and O–H groups in total. The van der Waals surface area contributed by atoms with E-state index in [0.29, 0.717) is 23.3 Å². The fourth-order valence-corrected chi connectivity index (χ4v) is 6.73. The molecule has 186 valence electrons. The lowest BCUT2D eigenvalue weighted by molar-refractivity contribution is 0.432. The van der Waals surface area contributed by atoms with E-state index < -0.39 is 0 Å². The number of hydrogen-bond donors (Lipinski definition) is 2. The summed E-state index contributed by atoms with van der Waals surface area (Å²) in [6.07, 6.45) is 12.7. The highest BCUT2D eigenvalue weighted by Gasteiger charge is 2.29. The average Bonchev–Trinajstić information content (AvgIpc) is 2.83. The van der Waals surface area contributed by atoms with Crippen LogP contribution in [0.5, 0.6) is 11.5 Å². The van der Waals surface area contributed by atoms with Crippen LogP contribution in [0.15, 0.2) is 12.1 Å². The molecule has 0 heterocycles. The number of phenols is 2. The Bertz CT molecular complexity index is 935. The quantitative estimate of drug-likeness (QED) is 0.464. The molecule has 4 rings (SSSR count). The molecule has 0 aromatic heterocycles. The first-order valence-electron chi connectivity index (χ1n) is 13.9. The third-order valence-corrected chi connectivity index (χ3v) is 8.83. The Kier molecular flexibility index (Phi) is 7.65. The van der Waals surface area contributed by atoms with Gasteiger partial charge in [0.1, 0.15) is 11.5 Å². The molecule has 2 saturated carbocycles. The summed E-state index contributed by atoms with van der Waals surface area (Å²) in [5, 5.41) is 23.4. The predicted octanol–water partition coefficient (Wildman–Crippen LogP) is 9.72. The van der Waals surface area contributed by atoms with Crippen LogP contribution < -0.4 is 0 Å². The fraction of sp³-hybridized carbons (Fsp3) is 0.625. The second-order valence-corrected chi connectivity index (χ2v) is 11.8. The van der Waals surface area contributed by atoms with Crippen molar-refractivity contribution in [2.75, 3.05) is 0 Å². The van der Waals surface area contributed by atoms with Gasteiger partial charge in [-0.05, 0) is 96.6 Å².